The molecule has 1 aromatic carbocycles. The number of rotatable bonds is 10. The lowest BCUT2D eigenvalue weighted by Crippen LogP contribution is -2.31. The maximum Gasteiger partial charge on any atom is 0.00953 e. The summed E-state index contributed by atoms with van der Waals surface area (Å²) in [7, 11) is 0. The highest BCUT2D eigenvalue weighted by Gasteiger charge is 2.29. The lowest BCUT2D eigenvalue weighted by Gasteiger charge is -2.17. The molecule has 2 heteroatoms. The third-order valence-corrected chi connectivity index (χ3v) is 4.87. The topological polar surface area (TPSA) is 12.0 Å². The van der Waals surface area contributed by atoms with Crippen molar-refractivity contribution in [2.24, 2.45) is 5.92 Å². The average molecular weight is 277 g/mol. The maximum atomic E-state index is 3.73. The Morgan fingerprint density at radius 3 is 2.68 bits per heavy atom. The molecule has 0 heterocycles. The Bertz CT molecular complexity index is 334. The highest BCUT2D eigenvalue weighted by molar-refractivity contribution is 7.99. The van der Waals surface area contributed by atoms with Crippen LogP contribution in [0, 0.1) is 5.92 Å². The van der Waals surface area contributed by atoms with E-state index in [1.54, 1.807) is 0 Å². The molecule has 0 aromatic heterocycles. The summed E-state index contributed by atoms with van der Waals surface area (Å²) in [5.74, 6) is 2.25. The quantitative estimate of drug-likeness (QED) is 0.490. The highest BCUT2D eigenvalue weighted by atomic mass is 32.2. The van der Waals surface area contributed by atoms with Crippen molar-refractivity contribution in [3.8, 4) is 0 Å². The predicted molar refractivity (Wildman–Crippen MR) is 85.8 cm³/mol. The number of nitrogens with one attached hydrogen (secondary N) is 1. The third kappa shape index (κ3) is 6.01. The molecule has 0 spiro atoms. The van der Waals surface area contributed by atoms with Gasteiger partial charge in [-0.2, -0.15) is 0 Å². The number of hydrogen-bond donors (Lipinski definition) is 1. The van der Waals surface area contributed by atoms with Gasteiger partial charge in [0.25, 0.3) is 0 Å². The molecule has 19 heavy (non-hydrogen) atoms. The van der Waals surface area contributed by atoms with Crippen molar-refractivity contribution in [1.82, 2.24) is 5.32 Å². The number of thioether (sulfide) groups is 1. The summed E-state index contributed by atoms with van der Waals surface area (Å²) >= 11 is 1.99. The second-order valence-corrected chi connectivity index (χ2v) is 6.72. The van der Waals surface area contributed by atoms with Crippen molar-refractivity contribution < 1.29 is 0 Å². The fourth-order valence-electron chi connectivity index (χ4n) is 2.51. The van der Waals surface area contributed by atoms with Crippen LogP contribution >= 0.6 is 11.8 Å². The lowest BCUT2D eigenvalue weighted by molar-refractivity contribution is 0.423. The predicted octanol–water partition coefficient (Wildman–Crippen LogP) is 4.73. The molecule has 1 unspecified atom stereocenters. The van der Waals surface area contributed by atoms with Crippen molar-refractivity contribution in [2.45, 2.75) is 56.4 Å². The zero-order valence-corrected chi connectivity index (χ0v) is 12.9. The van der Waals surface area contributed by atoms with Gasteiger partial charge in [-0.3, -0.25) is 0 Å². The molecule has 1 atom stereocenters. The van der Waals surface area contributed by atoms with Crippen LogP contribution in [0.2, 0.25) is 0 Å². The minimum Gasteiger partial charge on any atom is -0.314 e. The maximum absolute atomic E-state index is 3.73. The lowest BCUT2D eigenvalue weighted by atomic mass is 10.1. The van der Waals surface area contributed by atoms with Crippen LogP contribution in [0.4, 0.5) is 0 Å². The standard InChI is InChI=1S/C17H27NS/c1-2-13-18-17(15-11-12-15)10-6-7-14-19-16-8-4-3-5-9-16/h3-5,8-9,15,17-18H,2,6-7,10-14H2,1H3. The minimum atomic E-state index is 0.807. The van der Waals surface area contributed by atoms with Gasteiger partial charge in [-0.25, -0.2) is 0 Å². The summed E-state index contributed by atoms with van der Waals surface area (Å²) in [6.45, 7) is 3.45. The summed E-state index contributed by atoms with van der Waals surface area (Å²) in [5, 5.41) is 3.73. The van der Waals surface area contributed by atoms with Gasteiger partial charge < -0.3 is 5.32 Å². The highest BCUT2D eigenvalue weighted by Crippen LogP contribution is 2.34. The molecule has 1 saturated carbocycles. The van der Waals surface area contributed by atoms with Gasteiger partial charge in [0.05, 0.1) is 0 Å². The Morgan fingerprint density at radius 1 is 1.21 bits per heavy atom. The van der Waals surface area contributed by atoms with Crippen LogP contribution in [0.3, 0.4) is 0 Å². The monoisotopic (exact) mass is 277 g/mol. The molecular formula is C17H27NS. The van der Waals surface area contributed by atoms with Gasteiger partial charge in [-0.1, -0.05) is 31.5 Å². The summed E-state index contributed by atoms with van der Waals surface area (Å²) in [6.07, 6.45) is 8.27. The second-order valence-electron chi connectivity index (χ2n) is 5.56. The first-order valence-electron chi connectivity index (χ1n) is 7.81. The van der Waals surface area contributed by atoms with Gasteiger partial charge in [0.15, 0.2) is 0 Å². The van der Waals surface area contributed by atoms with E-state index < -0.39 is 0 Å². The fourth-order valence-corrected chi connectivity index (χ4v) is 3.44. The first-order valence-corrected chi connectivity index (χ1v) is 8.80. The van der Waals surface area contributed by atoms with Gasteiger partial charge in [0, 0.05) is 10.9 Å². The van der Waals surface area contributed by atoms with E-state index in [4.69, 9.17) is 0 Å². The van der Waals surface area contributed by atoms with Crippen LogP contribution in [0.25, 0.3) is 0 Å². The molecule has 1 fully saturated rings. The van der Waals surface area contributed by atoms with Gasteiger partial charge in [-0.05, 0) is 62.5 Å². The average Bonchev–Trinajstić information content (AvgIpc) is 3.27. The summed E-state index contributed by atoms with van der Waals surface area (Å²) in [5.41, 5.74) is 0. The minimum absolute atomic E-state index is 0.807. The summed E-state index contributed by atoms with van der Waals surface area (Å²) < 4.78 is 0. The summed E-state index contributed by atoms with van der Waals surface area (Å²) in [4.78, 5) is 1.41. The van der Waals surface area contributed by atoms with Crippen LogP contribution < -0.4 is 5.32 Å². The van der Waals surface area contributed by atoms with Gasteiger partial charge >= 0.3 is 0 Å². The van der Waals surface area contributed by atoms with Crippen molar-refractivity contribution in [1.29, 1.82) is 0 Å². The zero-order valence-electron chi connectivity index (χ0n) is 12.1. The smallest absolute Gasteiger partial charge is 0.00953 e. The molecule has 0 aliphatic heterocycles. The summed E-state index contributed by atoms with van der Waals surface area (Å²) in [6, 6.07) is 11.6. The molecular weight excluding hydrogens is 250 g/mol. The van der Waals surface area contributed by atoms with Gasteiger partial charge in [0.1, 0.15) is 0 Å². The first-order chi connectivity index (χ1) is 9.40. The molecule has 1 N–H and O–H groups in total. The van der Waals surface area contributed by atoms with Gasteiger partial charge in [-0.15, -0.1) is 11.8 Å². The molecule has 0 radical (unpaired) electrons. The number of benzene rings is 1. The molecule has 0 saturated heterocycles. The van der Waals surface area contributed by atoms with Crippen LogP contribution in [-0.2, 0) is 0 Å². The van der Waals surface area contributed by atoms with E-state index in [-0.39, 0.29) is 0 Å². The van der Waals surface area contributed by atoms with Crippen LogP contribution in [0.15, 0.2) is 35.2 Å². The Hall–Kier alpha value is -0.470. The molecule has 1 aromatic rings. The van der Waals surface area contributed by atoms with Crippen molar-refractivity contribution >= 4 is 11.8 Å². The van der Waals surface area contributed by atoms with Crippen LogP contribution in [0.5, 0.6) is 0 Å². The molecule has 1 nitrogen and oxygen atoms in total. The Morgan fingerprint density at radius 2 is 2.00 bits per heavy atom. The third-order valence-electron chi connectivity index (χ3n) is 3.77. The first kappa shape index (κ1) is 14.9. The van der Waals surface area contributed by atoms with E-state index >= 15 is 0 Å². The van der Waals surface area contributed by atoms with E-state index in [2.05, 4.69) is 42.6 Å². The Balaban J connectivity index is 1.55. The van der Waals surface area contributed by atoms with Crippen molar-refractivity contribution in [2.75, 3.05) is 12.3 Å². The van der Waals surface area contributed by atoms with Gasteiger partial charge in [0.2, 0.25) is 0 Å². The van der Waals surface area contributed by atoms with E-state index in [1.165, 1.54) is 55.7 Å². The zero-order chi connectivity index (χ0) is 13.3. The molecule has 1 aliphatic rings. The largest absolute Gasteiger partial charge is 0.314 e. The van der Waals surface area contributed by atoms with E-state index in [1.807, 2.05) is 11.8 Å². The normalized spacial score (nSPS) is 16.5. The van der Waals surface area contributed by atoms with E-state index in [0.717, 1.165) is 12.0 Å². The molecule has 0 bridgehead atoms. The van der Waals surface area contributed by atoms with E-state index in [9.17, 15) is 0 Å². The Labute approximate surface area is 122 Å². The number of unbranched alkanes of at least 4 members (excludes halogenated alkanes) is 1. The SMILES string of the molecule is CCCNC(CCCCSc1ccccc1)C1CC1. The van der Waals surface area contributed by atoms with Crippen LogP contribution in [0.1, 0.15) is 45.4 Å². The fraction of sp³-hybridized carbons (Fsp3) is 0.647. The molecule has 2 rings (SSSR count). The Kier molecular flexibility index (Phi) is 6.80. The molecule has 1 aliphatic carbocycles. The van der Waals surface area contributed by atoms with Crippen LogP contribution in [-0.4, -0.2) is 18.3 Å². The van der Waals surface area contributed by atoms with Crippen molar-refractivity contribution in [3.05, 3.63) is 30.3 Å². The van der Waals surface area contributed by atoms with E-state index in [0.29, 0.717) is 0 Å². The van der Waals surface area contributed by atoms with Crippen molar-refractivity contribution in [3.63, 3.8) is 0 Å². The molecule has 0 amide bonds. The second kappa shape index (κ2) is 8.65. The molecule has 106 valence electrons. The number of hydrogen-bond acceptors (Lipinski definition) is 2.